The summed E-state index contributed by atoms with van der Waals surface area (Å²) in [5.74, 6) is 0.996. The van der Waals surface area contributed by atoms with Crippen LogP contribution < -0.4 is 5.73 Å². The fourth-order valence-corrected chi connectivity index (χ4v) is 3.01. The topological polar surface area (TPSA) is 39.2 Å². The van der Waals surface area contributed by atoms with Crippen LogP contribution in [-0.2, 0) is 6.42 Å². The molecule has 0 aliphatic heterocycles. The Labute approximate surface area is 100 Å². The molecule has 2 aromatic rings. The first kappa shape index (κ1) is 11.4. The van der Waals surface area contributed by atoms with Crippen LogP contribution >= 0.6 is 11.3 Å². The third-order valence-corrected chi connectivity index (χ3v) is 3.83. The van der Waals surface area contributed by atoms with Gasteiger partial charge in [0.1, 0.15) is 5.76 Å². The Balaban J connectivity index is 2.38. The average molecular weight is 235 g/mol. The molecule has 2 rings (SSSR count). The van der Waals surface area contributed by atoms with Crippen LogP contribution in [0.1, 0.15) is 39.6 Å². The van der Waals surface area contributed by atoms with Gasteiger partial charge in [-0.05, 0) is 31.5 Å². The zero-order chi connectivity index (χ0) is 11.7. The summed E-state index contributed by atoms with van der Waals surface area (Å²) in [6.45, 7) is 6.32. The van der Waals surface area contributed by atoms with Crippen molar-refractivity contribution in [3.8, 4) is 0 Å². The van der Waals surface area contributed by atoms with Crippen LogP contribution in [0, 0.1) is 13.8 Å². The van der Waals surface area contributed by atoms with E-state index in [9.17, 15) is 0 Å². The highest BCUT2D eigenvalue weighted by Crippen LogP contribution is 2.31. The minimum Gasteiger partial charge on any atom is -0.469 e. The highest BCUT2D eigenvalue weighted by Gasteiger charge is 2.18. The van der Waals surface area contributed by atoms with Crippen LogP contribution in [-0.4, -0.2) is 0 Å². The molecule has 1 unspecified atom stereocenters. The van der Waals surface area contributed by atoms with Gasteiger partial charge in [0.2, 0.25) is 0 Å². The van der Waals surface area contributed by atoms with E-state index < -0.39 is 0 Å². The lowest BCUT2D eigenvalue weighted by Gasteiger charge is -2.11. The molecule has 3 heteroatoms. The van der Waals surface area contributed by atoms with Gasteiger partial charge in [-0.1, -0.05) is 6.92 Å². The largest absolute Gasteiger partial charge is 0.469 e. The van der Waals surface area contributed by atoms with E-state index in [0.717, 1.165) is 17.7 Å². The fraction of sp³-hybridized carbons (Fsp3) is 0.385. The third kappa shape index (κ3) is 1.93. The first-order chi connectivity index (χ1) is 7.63. The van der Waals surface area contributed by atoms with E-state index in [1.54, 1.807) is 17.6 Å². The smallest absolute Gasteiger partial charge is 0.108 e. The van der Waals surface area contributed by atoms with Gasteiger partial charge in [0.25, 0.3) is 0 Å². The van der Waals surface area contributed by atoms with Gasteiger partial charge in [0.15, 0.2) is 0 Å². The molecule has 2 nitrogen and oxygen atoms in total. The zero-order valence-corrected chi connectivity index (χ0v) is 10.7. The van der Waals surface area contributed by atoms with Gasteiger partial charge >= 0.3 is 0 Å². The Morgan fingerprint density at radius 1 is 1.38 bits per heavy atom. The van der Waals surface area contributed by atoms with E-state index in [1.165, 1.54) is 15.3 Å². The minimum absolute atomic E-state index is 0.0568. The number of aryl methyl sites for hydroxylation is 3. The lowest BCUT2D eigenvalue weighted by Crippen LogP contribution is -2.12. The van der Waals surface area contributed by atoms with Crippen molar-refractivity contribution >= 4 is 11.3 Å². The minimum atomic E-state index is -0.0568. The highest BCUT2D eigenvalue weighted by atomic mass is 32.1. The molecule has 0 aliphatic rings. The van der Waals surface area contributed by atoms with Crippen molar-refractivity contribution in [2.75, 3.05) is 0 Å². The van der Waals surface area contributed by atoms with Gasteiger partial charge in [0, 0.05) is 21.7 Å². The number of hydrogen-bond donors (Lipinski definition) is 1. The Kier molecular flexibility index (Phi) is 3.17. The molecular formula is C13H17NOS. The number of hydrogen-bond acceptors (Lipinski definition) is 3. The van der Waals surface area contributed by atoms with Crippen molar-refractivity contribution in [2.24, 2.45) is 5.73 Å². The maximum atomic E-state index is 6.30. The van der Waals surface area contributed by atoms with E-state index in [1.807, 2.05) is 6.07 Å². The predicted octanol–water partition coefficient (Wildman–Crippen LogP) is 3.57. The first-order valence-electron chi connectivity index (χ1n) is 5.52. The van der Waals surface area contributed by atoms with Crippen molar-refractivity contribution in [1.82, 2.24) is 0 Å². The van der Waals surface area contributed by atoms with Crippen LogP contribution in [0.3, 0.4) is 0 Å². The monoisotopic (exact) mass is 235 g/mol. The molecule has 1 atom stereocenters. The van der Waals surface area contributed by atoms with Gasteiger partial charge in [-0.25, -0.2) is 0 Å². The van der Waals surface area contributed by atoms with E-state index in [4.69, 9.17) is 10.2 Å². The standard InChI is InChI=1S/C13H17NOS/c1-4-12-10(5-6-15-12)13(14)11-7-8(2)16-9(11)3/h5-7,13H,4,14H2,1-3H3. The quantitative estimate of drug-likeness (QED) is 0.883. The second-order valence-electron chi connectivity index (χ2n) is 4.00. The summed E-state index contributed by atoms with van der Waals surface area (Å²) in [4.78, 5) is 2.61. The van der Waals surface area contributed by atoms with E-state index in [0.29, 0.717) is 0 Å². The second kappa shape index (κ2) is 4.44. The fourth-order valence-electron chi connectivity index (χ4n) is 2.04. The van der Waals surface area contributed by atoms with Crippen LogP contribution in [0.5, 0.6) is 0 Å². The normalized spacial score (nSPS) is 13.0. The summed E-state index contributed by atoms with van der Waals surface area (Å²) in [7, 11) is 0. The molecule has 0 aromatic carbocycles. The zero-order valence-electron chi connectivity index (χ0n) is 9.91. The molecule has 2 aromatic heterocycles. The Morgan fingerprint density at radius 3 is 2.69 bits per heavy atom. The van der Waals surface area contributed by atoms with E-state index in [2.05, 4.69) is 26.8 Å². The van der Waals surface area contributed by atoms with Gasteiger partial charge in [0.05, 0.1) is 12.3 Å². The third-order valence-electron chi connectivity index (χ3n) is 2.85. The Bertz CT molecular complexity index is 484. The second-order valence-corrected chi connectivity index (χ2v) is 5.46. The van der Waals surface area contributed by atoms with Crippen molar-refractivity contribution in [1.29, 1.82) is 0 Å². The van der Waals surface area contributed by atoms with Crippen LogP contribution in [0.4, 0.5) is 0 Å². The van der Waals surface area contributed by atoms with Crippen LogP contribution in [0.2, 0.25) is 0 Å². The molecule has 0 spiro atoms. The van der Waals surface area contributed by atoms with E-state index in [-0.39, 0.29) is 6.04 Å². The summed E-state index contributed by atoms with van der Waals surface area (Å²) in [5.41, 5.74) is 8.63. The molecule has 0 aliphatic carbocycles. The number of rotatable bonds is 3. The van der Waals surface area contributed by atoms with Crippen molar-refractivity contribution in [3.63, 3.8) is 0 Å². The summed E-state index contributed by atoms with van der Waals surface area (Å²) in [6.07, 6.45) is 2.61. The molecule has 0 saturated heterocycles. The molecule has 0 radical (unpaired) electrons. The summed E-state index contributed by atoms with van der Waals surface area (Å²) < 4.78 is 5.43. The van der Waals surface area contributed by atoms with Crippen molar-refractivity contribution in [2.45, 2.75) is 33.2 Å². The van der Waals surface area contributed by atoms with Crippen LogP contribution in [0.25, 0.3) is 0 Å². The molecule has 86 valence electrons. The predicted molar refractivity (Wildman–Crippen MR) is 67.9 cm³/mol. The molecule has 0 saturated carbocycles. The summed E-state index contributed by atoms with van der Waals surface area (Å²) >= 11 is 1.80. The van der Waals surface area contributed by atoms with Gasteiger partial charge in [-0.15, -0.1) is 11.3 Å². The number of nitrogens with two attached hydrogens (primary N) is 1. The molecule has 16 heavy (non-hydrogen) atoms. The Morgan fingerprint density at radius 2 is 2.12 bits per heavy atom. The van der Waals surface area contributed by atoms with Crippen LogP contribution in [0.15, 0.2) is 22.8 Å². The lowest BCUT2D eigenvalue weighted by molar-refractivity contribution is 0.509. The van der Waals surface area contributed by atoms with Gasteiger partial charge in [-0.3, -0.25) is 0 Å². The molecule has 2 N–H and O–H groups in total. The van der Waals surface area contributed by atoms with Crippen molar-refractivity contribution < 1.29 is 4.42 Å². The van der Waals surface area contributed by atoms with Gasteiger partial charge in [-0.2, -0.15) is 0 Å². The summed E-state index contributed by atoms with van der Waals surface area (Å²) in [6, 6.07) is 4.10. The van der Waals surface area contributed by atoms with E-state index >= 15 is 0 Å². The molecule has 0 amide bonds. The average Bonchev–Trinajstić information content (AvgIpc) is 2.83. The van der Waals surface area contributed by atoms with Gasteiger partial charge < -0.3 is 10.2 Å². The van der Waals surface area contributed by atoms with Crippen molar-refractivity contribution in [3.05, 3.63) is 45.0 Å². The SMILES string of the molecule is CCc1occc1C(N)c1cc(C)sc1C. The molecular weight excluding hydrogens is 218 g/mol. The maximum Gasteiger partial charge on any atom is 0.108 e. The molecule has 0 fully saturated rings. The summed E-state index contributed by atoms with van der Waals surface area (Å²) in [5, 5.41) is 0. The Hall–Kier alpha value is -1.06. The first-order valence-corrected chi connectivity index (χ1v) is 6.34. The number of furan rings is 1. The molecule has 2 heterocycles. The lowest BCUT2D eigenvalue weighted by atomic mass is 10.00. The highest BCUT2D eigenvalue weighted by molar-refractivity contribution is 7.12. The number of thiophene rings is 1. The maximum absolute atomic E-state index is 6.30. The molecule has 0 bridgehead atoms.